The van der Waals surface area contributed by atoms with Crippen LogP contribution in [0, 0.1) is 17.8 Å². The number of aliphatic hydroxyl groups excluding tert-OH is 2. The van der Waals surface area contributed by atoms with E-state index < -0.39 is 127 Å². The minimum Gasteiger partial charge on any atom is -0.481 e. The SMILES string of the molecule is CC(C)C[C@H](NC(=O)[C@H](CC(C)C)NC(=O)[C@H](CCC(=O)O)NC(=O)[C@@H](NC(=O)[C@H](CC(C)C)NC(=O)[C@@H]1CCCN1)[C@@H](C)O)C(=O)N[C@@H](Cc1cnc[nH]1)C(=O)N[C@@H](CO)C(=O)O. The second kappa shape index (κ2) is 26.8. The van der Waals surface area contributed by atoms with Gasteiger partial charge in [-0.2, -0.15) is 0 Å². The fourth-order valence-corrected chi connectivity index (χ4v) is 6.85. The number of imidazole rings is 1. The lowest BCUT2D eigenvalue weighted by Gasteiger charge is -2.29. The molecule has 1 saturated heterocycles. The van der Waals surface area contributed by atoms with Crippen molar-refractivity contribution in [2.75, 3.05) is 13.2 Å². The summed E-state index contributed by atoms with van der Waals surface area (Å²) in [6.45, 7) is 11.6. The maximum Gasteiger partial charge on any atom is 0.328 e. The Kier molecular flexibility index (Phi) is 22.8. The van der Waals surface area contributed by atoms with E-state index in [1.165, 1.54) is 19.4 Å². The molecule has 0 radical (unpaired) electrons. The van der Waals surface area contributed by atoms with Crippen LogP contribution in [0.3, 0.4) is 0 Å². The number of carbonyl (C=O) groups excluding carboxylic acids is 7. The van der Waals surface area contributed by atoms with E-state index in [0.717, 1.165) is 6.42 Å². The van der Waals surface area contributed by atoms with Crippen molar-refractivity contribution in [2.24, 2.45) is 17.8 Å². The number of hydrogen-bond acceptors (Lipinski definition) is 13. The van der Waals surface area contributed by atoms with Crippen molar-refractivity contribution in [3.05, 3.63) is 18.2 Å². The molecule has 0 aromatic carbocycles. The Morgan fingerprint density at radius 3 is 1.56 bits per heavy atom. The van der Waals surface area contributed by atoms with Crippen molar-refractivity contribution in [3.8, 4) is 0 Å². The summed E-state index contributed by atoms with van der Waals surface area (Å²) in [6, 6.07) is -10.6. The molecule has 0 unspecified atom stereocenters. The third-order valence-corrected chi connectivity index (χ3v) is 10.1. The fraction of sp³-hybridized carbons (Fsp3) is 0.707. The third kappa shape index (κ3) is 19.0. The number of aromatic amines is 1. The first-order valence-corrected chi connectivity index (χ1v) is 21.6. The summed E-state index contributed by atoms with van der Waals surface area (Å²) < 4.78 is 0. The molecule has 0 spiro atoms. The number of aliphatic hydroxyl groups is 2. The predicted octanol–water partition coefficient (Wildman–Crippen LogP) is -2.44. The van der Waals surface area contributed by atoms with Crippen molar-refractivity contribution >= 4 is 53.3 Å². The van der Waals surface area contributed by atoms with Crippen LogP contribution in [0.2, 0.25) is 0 Å². The van der Waals surface area contributed by atoms with Crippen LogP contribution < -0.4 is 42.5 Å². The zero-order chi connectivity index (χ0) is 48.3. The van der Waals surface area contributed by atoms with Gasteiger partial charge in [-0.15, -0.1) is 0 Å². The van der Waals surface area contributed by atoms with Crippen molar-refractivity contribution in [1.29, 1.82) is 0 Å². The molecular weight excluding hydrogens is 841 g/mol. The molecule has 1 aliphatic heterocycles. The first kappa shape index (κ1) is 54.5. The van der Waals surface area contributed by atoms with Gasteiger partial charge in [0.25, 0.3) is 0 Å². The summed E-state index contributed by atoms with van der Waals surface area (Å²) in [6.07, 6.45) is 1.51. The number of rotatable bonds is 28. The number of hydrogen-bond donors (Lipinski definition) is 13. The number of H-pyrrole nitrogens is 1. The first-order chi connectivity index (χ1) is 30.0. The van der Waals surface area contributed by atoms with E-state index in [9.17, 15) is 63.6 Å². The van der Waals surface area contributed by atoms with E-state index in [2.05, 4.69) is 52.5 Å². The number of aromatic nitrogens is 2. The molecule has 2 heterocycles. The van der Waals surface area contributed by atoms with Gasteiger partial charge in [0.15, 0.2) is 0 Å². The van der Waals surface area contributed by atoms with Crippen LogP contribution in [0.25, 0.3) is 0 Å². The Balaban J connectivity index is 2.34. The van der Waals surface area contributed by atoms with Gasteiger partial charge in [-0.1, -0.05) is 41.5 Å². The van der Waals surface area contributed by atoms with E-state index in [1.54, 1.807) is 27.7 Å². The van der Waals surface area contributed by atoms with Crippen molar-refractivity contribution in [2.45, 2.75) is 154 Å². The normalized spacial score (nSPS) is 17.5. The highest BCUT2D eigenvalue weighted by molar-refractivity contribution is 5.98. The van der Waals surface area contributed by atoms with Crippen LogP contribution >= 0.6 is 0 Å². The summed E-state index contributed by atoms with van der Waals surface area (Å²) in [7, 11) is 0. The zero-order valence-corrected chi connectivity index (χ0v) is 37.6. The predicted molar refractivity (Wildman–Crippen MR) is 228 cm³/mol. The number of nitrogens with zero attached hydrogens (tertiary/aromatic N) is 1. The van der Waals surface area contributed by atoms with Crippen LogP contribution in [0.15, 0.2) is 12.5 Å². The molecule has 0 bridgehead atoms. The van der Waals surface area contributed by atoms with Crippen molar-refractivity contribution in [3.63, 3.8) is 0 Å². The smallest absolute Gasteiger partial charge is 0.328 e. The Labute approximate surface area is 372 Å². The minimum atomic E-state index is -1.68. The van der Waals surface area contributed by atoms with Crippen LogP contribution in [0.1, 0.15) is 99.1 Å². The largest absolute Gasteiger partial charge is 0.481 e. The molecule has 64 heavy (non-hydrogen) atoms. The minimum absolute atomic E-state index is 0.00146. The molecule has 0 aliphatic carbocycles. The van der Waals surface area contributed by atoms with E-state index >= 15 is 0 Å². The molecule has 1 fully saturated rings. The molecule has 1 aromatic heterocycles. The number of carbonyl (C=O) groups is 9. The van der Waals surface area contributed by atoms with E-state index in [1.807, 2.05) is 13.8 Å². The van der Waals surface area contributed by atoms with Gasteiger partial charge in [0, 0.05) is 24.7 Å². The Morgan fingerprint density at radius 1 is 0.656 bits per heavy atom. The molecule has 23 heteroatoms. The average Bonchev–Trinajstić information content (AvgIpc) is 3.94. The molecular formula is C41H68N10O13. The number of nitrogens with one attached hydrogen (secondary N) is 9. The van der Waals surface area contributed by atoms with Gasteiger partial charge < -0.3 is 67.9 Å². The van der Waals surface area contributed by atoms with E-state index in [4.69, 9.17) is 0 Å². The lowest BCUT2D eigenvalue weighted by atomic mass is 9.99. The molecule has 0 saturated carbocycles. The van der Waals surface area contributed by atoms with Crippen LogP contribution in [-0.2, 0) is 49.6 Å². The van der Waals surface area contributed by atoms with Gasteiger partial charge in [0.2, 0.25) is 41.4 Å². The van der Waals surface area contributed by atoms with Gasteiger partial charge in [-0.3, -0.25) is 38.4 Å². The highest BCUT2D eigenvalue weighted by atomic mass is 16.4. The molecule has 2 rings (SSSR count). The van der Waals surface area contributed by atoms with Gasteiger partial charge >= 0.3 is 11.9 Å². The first-order valence-electron chi connectivity index (χ1n) is 21.6. The molecule has 1 aromatic rings. The lowest BCUT2D eigenvalue weighted by molar-refractivity contribution is -0.143. The van der Waals surface area contributed by atoms with Gasteiger partial charge in [0.05, 0.1) is 25.1 Å². The Morgan fingerprint density at radius 2 is 1.12 bits per heavy atom. The van der Waals surface area contributed by atoms with E-state index in [0.29, 0.717) is 18.7 Å². The van der Waals surface area contributed by atoms with Gasteiger partial charge in [-0.25, -0.2) is 9.78 Å². The molecule has 13 N–H and O–H groups in total. The molecule has 23 nitrogen and oxygen atoms in total. The van der Waals surface area contributed by atoms with Gasteiger partial charge in [0.1, 0.15) is 42.3 Å². The van der Waals surface area contributed by atoms with Crippen LogP contribution in [0.4, 0.5) is 0 Å². The number of carboxylic acid groups (broad SMARTS) is 2. The second-order valence-corrected chi connectivity index (χ2v) is 17.4. The van der Waals surface area contributed by atoms with Gasteiger partial charge in [-0.05, 0) is 69.7 Å². The summed E-state index contributed by atoms with van der Waals surface area (Å²) in [4.78, 5) is 125. The lowest BCUT2D eigenvalue weighted by Crippen LogP contribution is -2.62. The standard InChI is InChI=1S/C41H68N10O13/c1-20(2)13-27(36(58)48-28(14-21(3)4)37(59)49-30(16-24-17-42-19-44-24)38(60)50-31(18-52)41(63)64)47-35(57)26(10-11-32(54)55)45-40(62)33(23(7)53)51-39(61)29(15-22(5)6)46-34(56)25-9-8-12-43-25/h17,19-23,25-31,33,43,52-53H,8-16,18H2,1-7H3,(H,42,44)(H,45,62)(H,46,56)(H,47,57)(H,48,58)(H,49,59)(H,50,60)(H,51,61)(H,54,55)(H,63,64)/t23-,25+,26+,27+,28+,29+,30+,31+,33+/m1/s1. The maximum atomic E-state index is 14.0. The van der Waals surface area contributed by atoms with Crippen molar-refractivity contribution < 1.29 is 63.6 Å². The molecule has 360 valence electrons. The number of aliphatic carboxylic acids is 2. The molecule has 1 aliphatic rings. The zero-order valence-electron chi connectivity index (χ0n) is 37.6. The van der Waals surface area contributed by atoms with Crippen molar-refractivity contribution in [1.82, 2.24) is 52.5 Å². The highest BCUT2D eigenvalue weighted by Crippen LogP contribution is 2.13. The quantitative estimate of drug-likeness (QED) is 0.0415. The molecule has 9 atom stereocenters. The summed E-state index contributed by atoms with van der Waals surface area (Å²) in [5.41, 5.74) is 0.392. The number of amides is 7. The molecule has 7 amide bonds. The summed E-state index contributed by atoms with van der Waals surface area (Å²) >= 11 is 0. The topological polar surface area (TPSA) is 359 Å². The average molecular weight is 909 g/mol. The third-order valence-electron chi connectivity index (χ3n) is 10.1. The summed E-state index contributed by atoms with van der Waals surface area (Å²) in [5.74, 6) is -9.19. The Hall–Kier alpha value is -5.68. The van der Waals surface area contributed by atoms with E-state index in [-0.39, 0.29) is 43.4 Å². The number of carboxylic acids is 2. The highest BCUT2D eigenvalue weighted by Gasteiger charge is 2.36. The maximum absolute atomic E-state index is 14.0. The monoisotopic (exact) mass is 908 g/mol. The van der Waals surface area contributed by atoms with Crippen LogP contribution in [0.5, 0.6) is 0 Å². The summed E-state index contributed by atoms with van der Waals surface area (Å²) in [5, 5.41) is 59.5. The van der Waals surface area contributed by atoms with Crippen LogP contribution in [-0.4, -0.2) is 151 Å². The second-order valence-electron chi connectivity index (χ2n) is 17.4. The Bertz CT molecular complexity index is 1730. The fourth-order valence-electron chi connectivity index (χ4n) is 6.85.